The summed E-state index contributed by atoms with van der Waals surface area (Å²) < 4.78 is 6.21. The van der Waals surface area contributed by atoms with Crippen LogP contribution in [0.25, 0.3) is 0 Å². The van der Waals surface area contributed by atoms with E-state index in [0.717, 1.165) is 21.6 Å². The third-order valence-electron chi connectivity index (χ3n) is 5.83. The van der Waals surface area contributed by atoms with Gasteiger partial charge in [0.05, 0.1) is 12.6 Å². The minimum atomic E-state index is -0.504. The Balaban J connectivity index is 1.47. The lowest BCUT2D eigenvalue weighted by Gasteiger charge is -2.50. The zero-order valence-electron chi connectivity index (χ0n) is 18.2. The highest BCUT2D eigenvalue weighted by Gasteiger charge is 2.52. The van der Waals surface area contributed by atoms with Gasteiger partial charge in [0, 0.05) is 4.90 Å². The molecule has 0 aromatic heterocycles. The predicted molar refractivity (Wildman–Crippen MR) is 133 cm³/mol. The zero-order chi connectivity index (χ0) is 22.5. The van der Waals surface area contributed by atoms with E-state index < -0.39 is 6.10 Å². The molecule has 4 aromatic carbocycles. The smallest absolute Gasteiger partial charge is 0.256 e. The van der Waals surface area contributed by atoms with Crippen molar-refractivity contribution in [2.45, 2.75) is 29.0 Å². The van der Waals surface area contributed by atoms with Gasteiger partial charge < -0.3 is 9.64 Å². The highest BCUT2D eigenvalue weighted by Crippen LogP contribution is 2.49. The van der Waals surface area contributed by atoms with Crippen molar-refractivity contribution in [2.24, 2.45) is 0 Å². The molecular weight excluding hydrogens is 426 g/mol. The summed E-state index contributed by atoms with van der Waals surface area (Å²) in [6.45, 7) is 0.413. The van der Waals surface area contributed by atoms with Crippen LogP contribution in [0.5, 0.6) is 0 Å². The largest absolute Gasteiger partial charge is 0.361 e. The Bertz CT molecular complexity index is 1170. The van der Waals surface area contributed by atoms with Crippen molar-refractivity contribution >= 4 is 17.7 Å². The fourth-order valence-electron chi connectivity index (χ4n) is 4.18. The van der Waals surface area contributed by atoms with Crippen LogP contribution in [0.3, 0.4) is 0 Å². The number of thioether (sulfide) groups is 1. The van der Waals surface area contributed by atoms with Crippen molar-refractivity contribution in [3.8, 4) is 0 Å². The van der Waals surface area contributed by atoms with Gasteiger partial charge in [-0.15, -0.1) is 0 Å². The lowest BCUT2D eigenvalue weighted by molar-refractivity contribution is -0.178. The minimum absolute atomic E-state index is 0.0251. The first-order chi connectivity index (χ1) is 16.3. The van der Waals surface area contributed by atoms with Gasteiger partial charge in [-0.1, -0.05) is 121 Å². The van der Waals surface area contributed by atoms with E-state index in [1.165, 1.54) is 0 Å². The lowest BCUT2D eigenvalue weighted by Crippen LogP contribution is -2.60. The summed E-state index contributed by atoms with van der Waals surface area (Å²) in [6.07, 6.45) is -0.504. The van der Waals surface area contributed by atoms with Crippen LogP contribution in [0.1, 0.15) is 28.1 Å². The molecule has 1 fully saturated rings. The monoisotopic (exact) mass is 451 g/mol. The summed E-state index contributed by atoms with van der Waals surface area (Å²) in [5.41, 5.74) is 3.25. The topological polar surface area (TPSA) is 29.5 Å². The van der Waals surface area contributed by atoms with E-state index >= 15 is 0 Å². The summed E-state index contributed by atoms with van der Waals surface area (Å²) in [4.78, 5) is 16.7. The van der Waals surface area contributed by atoms with Gasteiger partial charge in [0.25, 0.3) is 5.91 Å². The van der Waals surface area contributed by atoms with Gasteiger partial charge in [-0.25, -0.2) is 0 Å². The number of amides is 1. The minimum Gasteiger partial charge on any atom is -0.361 e. The van der Waals surface area contributed by atoms with Crippen molar-refractivity contribution < 1.29 is 9.53 Å². The number of ether oxygens (including phenoxy) is 1. The SMILES string of the molecule is O=C1[C@H](OCc2ccccc2)[C@H](c2ccccc2)N1[C@@H](Sc1ccccc1)c1ccccc1. The van der Waals surface area contributed by atoms with Gasteiger partial charge in [-0.05, 0) is 28.8 Å². The van der Waals surface area contributed by atoms with Gasteiger partial charge in [0.2, 0.25) is 0 Å². The molecule has 5 rings (SSSR count). The maximum Gasteiger partial charge on any atom is 0.256 e. The second-order valence-corrected chi connectivity index (χ2v) is 9.17. The highest BCUT2D eigenvalue weighted by atomic mass is 32.2. The van der Waals surface area contributed by atoms with Crippen LogP contribution in [-0.2, 0) is 16.1 Å². The van der Waals surface area contributed by atoms with E-state index in [-0.39, 0.29) is 17.3 Å². The molecule has 0 bridgehead atoms. The van der Waals surface area contributed by atoms with E-state index in [1.807, 2.05) is 89.8 Å². The molecule has 164 valence electrons. The molecule has 0 N–H and O–H groups in total. The number of hydrogen-bond donors (Lipinski definition) is 0. The average Bonchev–Trinajstić information content (AvgIpc) is 2.89. The summed E-state index contributed by atoms with van der Waals surface area (Å²) in [7, 11) is 0. The fourth-order valence-corrected chi connectivity index (χ4v) is 5.40. The Labute approximate surface area is 199 Å². The van der Waals surface area contributed by atoms with Gasteiger partial charge >= 0.3 is 0 Å². The fraction of sp³-hybridized carbons (Fsp3) is 0.138. The molecule has 1 saturated heterocycles. The summed E-state index contributed by atoms with van der Waals surface area (Å²) >= 11 is 1.69. The van der Waals surface area contributed by atoms with Crippen molar-refractivity contribution in [1.82, 2.24) is 4.90 Å². The first kappa shape index (κ1) is 21.5. The molecule has 33 heavy (non-hydrogen) atoms. The maximum atomic E-state index is 13.6. The normalized spacial score (nSPS) is 18.5. The summed E-state index contributed by atoms with van der Waals surface area (Å²) in [6, 6.07) is 40.6. The number of nitrogens with zero attached hydrogens (tertiary/aromatic N) is 1. The standard InChI is InChI=1S/C29H25NO2S/c31-28-27(32-21-22-13-5-1-6-14-22)26(23-15-7-2-8-16-23)30(28)29(24-17-9-3-10-18-24)33-25-19-11-4-12-20-25/h1-20,26-27,29H,21H2/t26-,27+,29-/m0/s1. The molecule has 0 saturated carbocycles. The number of benzene rings is 4. The molecule has 3 atom stereocenters. The molecule has 1 aliphatic rings. The van der Waals surface area contributed by atoms with Crippen LogP contribution in [0, 0.1) is 0 Å². The number of carbonyl (C=O) groups is 1. The van der Waals surface area contributed by atoms with Crippen LogP contribution in [0.2, 0.25) is 0 Å². The van der Waals surface area contributed by atoms with Crippen LogP contribution >= 0.6 is 11.8 Å². The molecule has 4 aromatic rings. The van der Waals surface area contributed by atoms with Crippen molar-refractivity contribution in [3.63, 3.8) is 0 Å². The Morgan fingerprint density at radius 3 is 1.91 bits per heavy atom. The molecule has 0 radical (unpaired) electrons. The molecule has 1 heterocycles. The molecule has 1 aliphatic heterocycles. The van der Waals surface area contributed by atoms with E-state index in [4.69, 9.17) is 4.74 Å². The van der Waals surface area contributed by atoms with Crippen molar-refractivity contribution in [2.75, 3.05) is 0 Å². The van der Waals surface area contributed by atoms with Crippen LogP contribution < -0.4 is 0 Å². The third kappa shape index (κ3) is 4.72. The van der Waals surface area contributed by atoms with Gasteiger partial charge in [0.15, 0.2) is 6.10 Å². The Morgan fingerprint density at radius 1 is 0.727 bits per heavy atom. The first-order valence-corrected chi connectivity index (χ1v) is 12.0. The van der Waals surface area contributed by atoms with E-state index in [2.05, 4.69) is 36.4 Å². The molecule has 4 heteroatoms. The number of hydrogen-bond acceptors (Lipinski definition) is 3. The van der Waals surface area contributed by atoms with Gasteiger partial charge in [0.1, 0.15) is 5.37 Å². The molecular formula is C29H25NO2S. The van der Waals surface area contributed by atoms with Crippen LogP contribution in [-0.4, -0.2) is 16.9 Å². The van der Waals surface area contributed by atoms with Gasteiger partial charge in [-0.2, -0.15) is 0 Å². The average molecular weight is 452 g/mol. The highest BCUT2D eigenvalue weighted by molar-refractivity contribution is 7.99. The lowest BCUT2D eigenvalue weighted by atomic mass is 9.89. The molecule has 0 aliphatic carbocycles. The quantitative estimate of drug-likeness (QED) is 0.222. The van der Waals surface area contributed by atoms with Gasteiger partial charge in [-0.3, -0.25) is 4.79 Å². The molecule has 3 nitrogen and oxygen atoms in total. The zero-order valence-corrected chi connectivity index (χ0v) is 19.0. The van der Waals surface area contributed by atoms with Crippen molar-refractivity contribution in [1.29, 1.82) is 0 Å². The Hall–Kier alpha value is -3.34. The van der Waals surface area contributed by atoms with E-state index in [1.54, 1.807) is 11.8 Å². The van der Waals surface area contributed by atoms with E-state index in [9.17, 15) is 4.79 Å². The Morgan fingerprint density at radius 2 is 1.27 bits per heavy atom. The second-order valence-electron chi connectivity index (χ2n) is 8.01. The molecule has 1 amide bonds. The maximum absolute atomic E-state index is 13.6. The first-order valence-electron chi connectivity index (χ1n) is 11.1. The molecule has 0 unspecified atom stereocenters. The number of β-lactam (4-membered cyclic amide) rings is 1. The molecule has 0 spiro atoms. The summed E-state index contributed by atoms with van der Waals surface area (Å²) in [5.74, 6) is 0.0251. The van der Waals surface area contributed by atoms with Crippen molar-refractivity contribution in [3.05, 3.63) is 138 Å². The van der Waals surface area contributed by atoms with Crippen LogP contribution in [0.15, 0.2) is 126 Å². The third-order valence-corrected chi connectivity index (χ3v) is 7.09. The summed E-state index contributed by atoms with van der Waals surface area (Å²) in [5, 5.41) is -0.150. The number of rotatable bonds is 8. The number of likely N-dealkylation sites (tertiary alicyclic amines) is 1. The van der Waals surface area contributed by atoms with E-state index in [0.29, 0.717) is 6.61 Å². The second kappa shape index (κ2) is 10.1. The Kier molecular flexibility index (Phi) is 6.56. The van der Waals surface area contributed by atoms with Crippen LogP contribution in [0.4, 0.5) is 0 Å². The number of carbonyl (C=O) groups excluding carboxylic acids is 1. The predicted octanol–water partition coefficient (Wildman–Crippen LogP) is 6.65.